The molecule has 0 radical (unpaired) electrons. The summed E-state index contributed by atoms with van der Waals surface area (Å²) in [6.45, 7) is 0. The highest BCUT2D eigenvalue weighted by molar-refractivity contribution is 7.78. The van der Waals surface area contributed by atoms with Crippen molar-refractivity contribution in [2.75, 3.05) is 4.90 Å². The highest BCUT2D eigenvalue weighted by atomic mass is 32.1. The van der Waals surface area contributed by atoms with Crippen LogP contribution in [-0.2, 0) is 0 Å². The molecule has 0 unspecified atom stereocenters. The lowest BCUT2D eigenvalue weighted by Crippen LogP contribution is -2.46. The smallest absolute Gasteiger partial charge is 0.284 e. The van der Waals surface area contributed by atoms with Gasteiger partial charge >= 0.3 is 12.3 Å². The van der Waals surface area contributed by atoms with Crippen LogP contribution in [0.25, 0.3) is 0 Å². The summed E-state index contributed by atoms with van der Waals surface area (Å²) < 4.78 is 39.1. The van der Waals surface area contributed by atoms with Crippen LogP contribution in [-0.4, -0.2) is 12.3 Å². The Hall–Kier alpha value is -1.37. The Morgan fingerprint density at radius 2 is 1.80 bits per heavy atom. The number of urea groups is 1. The number of thiol groups is 1. The number of hydrogen-bond donors (Lipinski definition) is 2. The minimum Gasteiger partial charge on any atom is -0.284 e. The Morgan fingerprint density at radius 1 is 1.27 bits per heavy atom. The fourth-order valence-corrected chi connectivity index (χ4v) is 1.11. The number of carbonyl (C=O) groups is 1. The zero-order chi connectivity index (χ0) is 11.5. The van der Waals surface area contributed by atoms with E-state index >= 15 is 0 Å². The number of amides is 2. The van der Waals surface area contributed by atoms with E-state index in [0.29, 0.717) is 0 Å². The van der Waals surface area contributed by atoms with Gasteiger partial charge < -0.3 is 0 Å². The van der Waals surface area contributed by atoms with Gasteiger partial charge in [0.15, 0.2) is 0 Å². The number of alkyl halides is 3. The minimum atomic E-state index is -4.78. The van der Waals surface area contributed by atoms with Crippen molar-refractivity contribution in [1.82, 2.24) is 4.72 Å². The van der Waals surface area contributed by atoms with E-state index in [4.69, 9.17) is 0 Å². The summed E-state index contributed by atoms with van der Waals surface area (Å²) in [4.78, 5) is 10.6. The average molecular weight is 236 g/mol. The Kier molecular flexibility index (Phi) is 3.46. The van der Waals surface area contributed by atoms with Gasteiger partial charge in [-0.25, -0.2) is 9.69 Å². The first kappa shape index (κ1) is 11.7. The summed E-state index contributed by atoms with van der Waals surface area (Å²) in [6.07, 6.45) is -4.78. The number of nitrogens with one attached hydrogen (secondary N) is 1. The molecule has 0 saturated carbocycles. The standard InChI is InChI=1S/C8H7F3N2OS/c9-8(10,11)13(7(14)12-15)6-4-2-1-3-5-6/h1-5,15H,(H,12,14). The molecule has 0 aliphatic carbocycles. The van der Waals surface area contributed by atoms with Gasteiger partial charge in [-0.3, -0.25) is 4.72 Å². The van der Waals surface area contributed by atoms with Gasteiger partial charge in [-0.05, 0) is 12.1 Å². The lowest BCUT2D eigenvalue weighted by Gasteiger charge is -2.23. The molecule has 0 aliphatic rings. The SMILES string of the molecule is O=C(NS)N(c1ccccc1)C(F)(F)F. The van der Waals surface area contributed by atoms with Crippen LogP contribution < -0.4 is 9.62 Å². The second kappa shape index (κ2) is 4.43. The molecule has 0 saturated heterocycles. The maximum Gasteiger partial charge on any atom is 0.493 e. The molecule has 3 nitrogen and oxygen atoms in total. The number of para-hydroxylation sites is 1. The van der Waals surface area contributed by atoms with E-state index in [-0.39, 0.29) is 10.6 Å². The maximum absolute atomic E-state index is 12.5. The first-order valence-electron chi connectivity index (χ1n) is 3.83. The summed E-state index contributed by atoms with van der Waals surface area (Å²) in [5.74, 6) is 0. The van der Waals surface area contributed by atoms with E-state index in [9.17, 15) is 18.0 Å². The molecule has 0 bridgehead atoms. The van der Waals surface area contributed by atoms with Gasteiger partial charge in [-0.15, -0.1) is 13.2 Å². The first-order chi connectivity index (χ1) is 6.96. The molecule has 1 aromatic rings. The molecule has 1 aromatic carbocycles. The van der Waals surface area contributed by atoms with E-state index in [0.717, 1.165) is 0 Å². The molecule has 7 heteroatoms. The van der Waals surface area contributed by atoms with Crippen molar-refractivity contribution in [2.24, 2.45) is 0 Å². The third kappa shape index (κ3) is 2.79. The second-order valence-corrected chi connectivity index (χ2v) is 2.78. The van der Waals surface area contributed by atoms with Crippen molar-refractivity contribution in [1.29, 1.82) is 0 Å². The topological polar surface area (TPSA) is 32.3 Å². The molecule has 15 heavy (non-hydrogen) atoms. The molecule has 0 spiro atoms. The van der Waals surface area contributed by atoms with Gasteiger partial charge in [-0.2, -0.15) is 0 Å². The maximum atomic E-state index is 12.5. The van der Waals surface area contributed by atoms with E-state index in [1.54, 1.807) is 10.8 Å². The first-order valence-corrected chi connectivity index (χ1v) is 4.27. The van der Waals surface area contributed by atoms with Crippen molar-refractivity contribution in [2.45, 2.75) is 6.30 Å². The fourth-order valence-electron chi connectivity index (χ4n) is 1.01. The van der Waals surface area contributed by atoms with Crippen LogP contribution in [0.15, 0.2) is 30.3 Å². The van der Waals surface area contributed by atoms with Crippen LogP contribution in [0.5, 0.6) is 0 Å². The number of hydrogen-bond acceptors (Lipinski definition) is 2. The Bertz CT molecular complexity index is 341. The van der Waals surface area contributed by atoms with Crippen LogP contribution in [0.3, 0.4) is 0 Å². The zero-order valence-corrected chi connectivity index (χ0v) is 8.22. The van der Waals surface area contributed by atoms with Crippen molar-refractivity contribution in [3.8, 4) is 0 Å². The predicted molar refractivity (Wildman–Crippen MR) is 52.5 cm³/mol. The number of benzene rings is 1. The molecule has 82 valence electrons. The highest BCUT2D eigenvalue weighted by Gasteiger charge is 2.42. The molecule has 1 N–H and O–H groups in total. The van der Waals surface area contributed by atoms with Gasteiger partial charge in [0.1, 0.15) is 0 Å². The van der Waals surface area contributed by atoms with Crippen molar-refractivity contribution in [3.63, 3.8) is 0 Å². The quantitative estimate of drug-likeness (QED) is 0.570. The predicted octanol–water partition coefficient (Wildman–Crippen LogP) is 2.57. The van der Waals surface area contributed by atoms with Crippen molar-refractivity contribution >= 4 is 24.5 Å². The monoisotopic (exact) mass is 236 g/mol. The lowest BCUT2D eigenvalue weighted by atomic mass is 10.3. The molecular formula is C8H7F3N2OS. The summed E-state index contributed by atoms with van der Waals surface area (Å²) in [5.41, 5.74) is -0.267. The second-order valence-electron chi connectivity index (χ2n) is 2.56. The number of carbonyl (C=O) groups excluding carboxylic acids is 1. The summed E-state index contributed by atoms with van der Waals surface area (Å²) in [5, 5.41) is 0. The fraction of sp³-hybridized carbons (Fsp3) is 0.125. The van der Waals surface area contributed by atoms with Crippen LogP contribution in [0.2, 0.25) is 0 Å². The number of halogens is 3. The minimum absolute atomic E-state index is 0.267. The Balaban J connectivity index is 3.08. The Labute approximate surface area is 89.4 Å². The van der Waals surface area contributed by atoms with Crippen LogP contribution in [0.4, 0.5) is 23.7 Å². The number of rotatable bonds is 1. The molecule has 0 aromatic heterocycles. The zero-order valence-electron chi connectivity index (χ0n) is 7.32. The highest BCUT2D eigenvalue weighted by Crippen LogP contribution is 2.28. The van der Waals surface area contributed by atoms with Gasteiger partial charge in [0.2, 0.25) is 0 Å². The molecule has 2 amide bonds. The van der Waals surface area contributed by atoms with E-state index in [2.05, 4.69) is 12.8 Å². The molecule has 0 atom stereocenters. The van der Waals surface area contributed by atoms with Crippen molar-refractivity contribution < 1.29 is 18.0 Å². The molecule has 0 aliphatic heterocycles. The van der Waals surface area contributed by atoms with E-state index < -0.39 is 12.3 Å². The summed E-state index contributed by atoms with van der Waals surface area (Å²) >= 11 is 3.30. The van der Waals surface area contributed by atoms with Crippen LogP contribution >= 0.6 is 12.8 Å². The largest absolute Gasteiger partial charge is 0.493 e. The lowest BCUT2D eigenvalue weighted by molar-refractivity contribution is -0.121. The van der Waals surface area contributed by atoms with Gasteiger partial charge in [0.25, 0.3) is 0 Å². The normalized spacial score (nSPS) is 10.9. The van der Waals surface area contributed by atoms with Gasteiger partial charge in [-0.1, -0.05) is 31.0 Å². The van der Waals surface area contributed by atoms with Crippen LogP contribution in [0, 0.1) is 0 Å². The van der Waals surface area contributed by atoms with Gasteiger partial charge in [0, 0.05) is 0 Å². The third-order valence-electron chi connectivity index (χ3n) is 1.57. The molecule has 0 fully saturated rings. The molecule has 1 rings (SSSR count). The number of anilines is 1. The number of nitrogens with zero attached hydrogens (tertiary/aromatic N) is 1. The molecular weight excluding hydrogens is 229 g/mol. The van der Waals surface area contributed by atoms with Gasteiger partial charge in [0.05, 0.1) is 5.69 Å². The Morgan fingerprint density at radius 3 is 2.20 bits per heavy atom. The summed E-state index contributed by atoms with van der Waals surface area (Å²) in [6, 6.07) is 5.36. The van der Waals surface area contributed by atoms with Crippen molar-refractivity contribution in [3.05, 3.63) is 30.3 Å². The van der Waals surface area contributed by atoms with E-state index in [1.165, 1.54) is 24.3 Å². The molecule has 0 heterocycles. The summed E-state index contributed by atoms with van der Waals surface area (Å²) in [7, 11) is 0. The van der Waals surface area contributed by atoms with E-state index in [1.807, 2.05) is 0 Å². The average Bonchev–Trinajstić information content (AvgIpc) is 2.17. The van der Waals surface area contributed by atoms with Crippen LogP contribution in [0.1, 0.15) is 0 Å². The third-order valence-corrected chi connectivity index (χ3v) is 1.76.